The molecule has 88 valence electrons. The summed E-state index contributed by atoms with van der Waals surface area (Å²) >= 11 is 4.47. The highest BCUT2D eigenvalue weighted by molar-refractivity contribution is 7.81. The largest absolute Gasteiger partial charge is 0.444 e. The van der Waals surface area contributed by atoms with Crippen molar-refractivity contribution in [1.29, 1.82) is 0 Å². The summed E-state index contributed by atoms with van der Waals surface area (Å²) in [5.74, 6) is 0.576. The first-order valence-electron chi connectivity index (χ1n) is 5.45. The van der Waals surface area contributed by atoms with Crippen LogP contribution in [0.5, 0.6) is 0 Å². The fraction of sp³-hybridized carbons (Fsp3) is 0.909. The standard InChI is InChI=1S/C11H21NO2S/c1-8-5-6-12(7-9(8)15)10(13)14-11(2,3)4/h8-9,15H,5-7H2,1-4H3/t8-,9+/m1/s1. The minimum Gasteiger partial charge on any atom is -0.444 e. The van der Waals surface area contributed by atoms with Gasteiger partial charge in [-0.15, -0.1) is 0 Å². The second kappa shape index (κ2) is 4.64. The van der Waals surface area contributed by atoms with Crippen LogP contribution in [-0.4, -0.2) is 34.9 Å². The molecule has 1 fully saturated rings. The molecule has 0 aliphatic carbocycles. The average molecular weight is 231 g/mol. The molecule has 1 amide bonds. The van der Waals surface area contributed by atoms with Crippen LogP contribution >= 0.6 is 12.6 Å². The molecule has 0 unspecified atom stereocenters. The minimum atomic E-state index is -0.410. The van der Waals surface area contributed by atoms with Crippen molar-refractivity contribution in [3.8, 4) is 0 Å². The lowest BCUT2D eigenvalue weighted by Gasteiger charge is -2.35. The van der Waals surface area contributed by atoms with E-state index in [-0.39, 0.29) is 11.3 Å². The van der Waals surface area contributed by atoms with Crippen molar-refractivity contribution in [2.45, 2.75) is 45.0 Å². The first-order valence-corrected chi connectivity index (χ1v) is 5.97. The number of hydrogen-bond acceptors (Lipinski definition) is 3. The molecule has 0 radical (unpaired) electrons. The van der Waals surface area contributed by atoms with Crippen molar-refractivity contribution in [3.63, 3.8) is 0 Å². The van der Waals surface area contributed by atoms with Crippen molar-refractivity contribution in [2.24, 2.45) is 5.92 Å². The van der Waals surface area contributed by atoms with E-state index < -0.39 is 5.60 Å². The molecule has 1 saturated heterocycles. The van der Waals surface area contributed by atoms with E-state index in [2.05, 4.69) is 19.6 Å². The van der Waals surface area contributed by atoms with Crippen molar-refractivity contribution < 1.29 is 9.53 Å². The fourth-order valence-electron chi connectivity index (χ4n) is 1.54. The summed E-state index contributed by atoms with van der Waals surface area (Å²) in [5, 5.41) is 0.270. The summed E-state index contributed by atoms with van der Waals surface area (Å²) < 4.78 is 5.31. The number of thiol groups is 1. The molecule has 4 heteroatoms. The van der Waals surface area contributed by atoms with E-state index in [0.717, 1.165) is 13.0 Å². The van der Waals surface area contributed by atoms with E-state index in [1.807, 2.05) is 20.8 Å². The molecule has 0 aromatic heterocycles. The van der Waals surface area contributed by atoms with Crippen LogP contribution in [0.3, 0.4) is 0 Å². The lowest BCUT2D eigenvalue weighted by atomic mass is 9.99. The third kappa shape index (κ3) is 3.93. The smallest absolute Gasteiger partial charge is 0.410 e. The molecular formula is C11H21NO2S. The van der Waals surface area contributed by atoms with E-state index in [4.69, 9.17) is 4.74 Å². The fourth-order valence-corrected chi connectivity index (χ4v) is 1.89. The summed E-state index contributed by atoms with van der Waals surface area (Å²) in [7, 11) is 0. The second-order valence-electron chi connectivity index (χ2n) is 5.26. The number of ether oxygens (including phenoxy) is 1. The zero-order valence-corrected chi connectivity index (χ0v) is 10.9. The lowest BCUT2D eigenvalue weighted by molar-refractivity contribution is 0.0197. The molecule has 0 aromatic carbocycles. The summed E-state index contributed by atoms with van der Waals surface area (Å²) in [6.45, 7) is 9.30. The zero-order valence-electron chi connectivity index (χ0n) is 9.99. The number of nitrogens with zero attached hydrogens (tertiary/aromatic N) is 1. The molecular weight excluding hydrogens is 210 g/mol. The van der Waals surface area contributed by atoms with Crippen LogP contribution < -0.4 is 0 Å². The maximum absolute atomic E-state index is 11.7. The van der Waals surface area contributed by atoms with Crippen LogP contribution in [0.2, 0.25) is 0 Å². The molecule has 1 rings (SSSR count). The Hall–Kier alpha value is -0.380. The number of hydrogen-bond donors (Lipinski definition) is 1. The van der Waals surface area contributed by atoms with E-state index >= 15 is 0 Å². The summed E-state index contributed by atoms with van der Waals surface area (Å²) in [6, 6.07) is 0. The Balaban J connectivity index is 2.48. The van der Waals surface area contributed by atoms with Crippen LogP contribution in [-0.2, 0) is 4.74 Å². The molecule has 0 saturated carbocycles. The van der Waals surface area contributed by atoms with Gasteiger partial charge in [0.25, 0.3) is 0 Å². The van der Waals surface area contributed by atoms with Crippen LogP contribution in [0.1, 0.15) is 34.1 Å². The maximum Gasteiger partial charge on any atom is 0.410 e. The van der Waals surface area contributed by atoms with Gasteiger partial charge >= 0.3 is 6.09 Å². The monoisotopic (exact) mass is 231 g/mol. The Morgan fingerprint density at radius 3 is 2.53 bits per heavy atom. The molecule has 0 spiro atoms. The minimum absolute atomic E-state index is 0.214. The van der Waals surface area contributed by atoms with Gasteiger partial charge in [0.1, 0.15) is 5.60 Å². The second-order valence-corrected chi connectivity index (χ2v) is 5.92. The van der Waals surface area contributed by atoms with E-state index in [1.165, 1.54) is 0 Å². The maximum atomic E-state index is 11.7. The highest BCUT2D eigenvalue weighted by Gasteiger charge is 2.29. The first kappa shape index (κ1) is 12.7. The van der Waals surface area contributed by atoms with Gasteiger partial charge in [0.15, 0.2) is 0 Å². The van der Waals surface area contributed by atoms with Gasteiger partial charge in [-0.2, -0.15) is 12.6 Å². The van der Waals surface area contributed by atoms with Gasteiger partial charge in [-0.05, 0) is 33.1 Å². The highest BCUT2D eigenvalue weighted by Crippen LogP contribution is 2.22. The van der Waals surface area contributed by atoms with E-state index in [0.29, 0.717) is 12.5 Å². The summed E-state index contributed by atoms with van der Waals surface area (Å²) in [6.07, 6.45) is 0.793. The molecule has 0 aromatic rings. The summed E-state index contributed by atoms with van der Waals surface area (Å²) in [5.41, 5.74) is -0.410. The van der Waals surface area contributed by atoms with Gasteiger partial charge in [-0.25, -0.2) is 4.79 Å². The SMILES string of the molecule is C[C@@H]1CCN(C(=O)OC(C)(C)C)C[C@@H]1S. The predicted molar refractivity (Wildman–Crippen MR) is 64.4 cm³/mol. The Bertz CT molecular complexity index is 237. The topological polar surface area (TPSA) is 29.5 Å². The van der Waals surface area contributed by atoms with Gasteiger partial charge in [-0.3, -0.25) is 0 Å². The molecule has 2 atom stereocenters. The lowest BCUT2D eigenvalue weighted by Crippen LogP contribution is -2.45. The molecule has 0 bridgehead atoms. The normalized spacial score (nSPS) is 27.7. The molecule has 0 N–H and O–H groups in total. The third-order valence-corrected chi connectivity index (χ3v) is 3.24. The van der Waals surface area contributed by atoms with Crippen molar-refractivity contribution >= 4 is 18.7 Å². The number of carbonyl (C=O) groups is 1. The predicted octanol–water partition coefficient (Wildman–Crippen LogP) is 2.56. The number of piperidine rings is 1. The van der Waals surface area contributed by atoms with Crippen LogP contribution in [0.25, 0.3) is 0 Å². The van der Waals surface area contributed by atoms with Crippen molar-refractivity contribution in [1.82, 2.24) is 4.90 Å². The average Bonchev–Trinajstić information content (AvgIpc) is 2.06. The number of amides is 1. The van der Waals surface area contributed by atoms with E-state index in [9.17, 15) is 4.79 Å². The van der Waals surface area contributed by atoms with Gasteiger partial charge in [-0.1, -0.05) is 6.92 Å². The molecule has 15 heavy (non-hydrogen) atoms. The van der Waals surface area contributed by atoms with Crippen LogP contribution in [0.4, 0.5) is 4.79 Å². The van der Waals surface area contributed by atoms with Gasteiger partial charge in [0.2, 0.25) is 0 Å². The Morgan fingerprint density at radius 2 is 2.07 bits per heavy atom. The highest BCUT2D eigenvalue weighted by atomic mass is 32.1. The Kier molecular flexibility index (Phi) is 3.93. The molecule has 1 heterocycles. The number of carbonyl (C=O) groups excluding carboxylic acids is 1. The molecule has 1 aliphatic heterocycles. The Morgan fingerprint density at radius 1 is 1.47 bits per heavy atom. The first-order chi connectivity index (χ1) is 6.79. The van der Waals surface area contributed by atoms with Crippen LogP contribution in [0.15, 0.2) is 0 Å². The quantitative estimate of drug-likeness (QED) is 0.649. The molecule has 1 aliphatic rings. The van der Waals surface area contributed by atoms with Crippen LogP contribution in [0, 0.1) is 5.92 Å². The van der Waals surface area contributed by atoms with Crippen molar-refractivity contribution in [2.75, 3.05) is 13.1 Å². The van der Waals surface area contributed by atoms with Gasteiger partial charge in [0, 0.05) is 18.3 Å². The number of rotatable bonds is 0. The third-order valence-electron chi connectivity index (χ3n) is 2.57. The zero-order chi connectivity index (χ0) is 11.6. The van der Waals surface area contributed by atoms with Crippen molar-refractivity contribution in [3.05, 3.63) is 0 Å². The van der Waals surface area contributed by atoms with E-state index in [1.54, 1.807) is 4.90 Å². The van der Waals surface area contributed by atoms with Gasteiger partial charge in [0.05, 0.1) is 0 Å². The van der Waals surface area contributed by atoms with Gasteiger partial charge < -0.3 is 9.64 Å². The molecule has 3 nitrogen and oxygen atoms in total. The Labute approximate surface area is 97.6 Å². The summed E-state index contributed by atoms with van der Waals surface area (Å²) in [4.78, 5) is 13.5. The number of likely N-dealkylation sites (tertiary alicyclic amines) is 1.